The Labute approximate surface area is 108 Å². The molecule has 0 spiro atoms. The molecule has 1 saturated heterocycles. The van der Waals surface area contributed by atoms with Crippen LogP contribution in [0.4, 0.5) is 13.2 Å². The van der Waals surface area contributed by atoms with E-state index in [2.05, 4.69) is 0 Å². The standard InChI is InChI=1S/C13H13F3O3/c14-13(15,16)10-3-1-9(2-4-10)7-11(17)8-12-18-5-6-19-12/h1-4,12H,5-8H2. The van der Waals surface area contributed by atoms with Gasteiger partial charge in [0.25, 0.3) is 0 Å². The summed E-state index contributed by atoms with van der Waals surface area (Å²) >= 11 is 0. The Bertz CT molecular complexity index is 433. The van der Waals surface area contributed by atoms with Crippen LogP contribution in [0.15, 0.2) is 24.3 Å². The molecule has 1 aliphatic heterocycles. The number of rotatable bonds is 4. The highest BCUT2D eigenvalue weighted by atomic mass is 19.4. The average Bonchev–Trinajstić information content (AvgIpc) is 2.81. The molecule has 6 heteroatoms. The molecule has 1 aliphatic rings. The summed E-state index contributed by atoms with van der Waals surface area (Å²) in [5, 5.41) is 0. The number of carbonyl (C=O) groups excluding carboxylic acids is 1. The third kappa shape index (κ3) is 4.04. The minimum Gasteiger partial charge on any atom is -0.350 e. The first-order valence-electron chi connectivity index (χ1n) is 5.86. The minimum atomic E-state index is -4.35. The Hall–Kier alpha value is -1.40. The molecule has 0 N–H and O–H groups in total. The van der Waals surface area contributed by atoms with E-state index in [-0.39, 0.29) is 18.6 Å². The summed E-state index contributed by atoms with van der Waals surface area (Å²) in [4.78, 5) is 11.7. The predicted molar refractivity (Wildman–Crippen MR) is 60.5 cm³/mol. The SMILES string of the molecule is O=C(Cc1ccc(C(F)(F)F)cc1)CC1OCCO1. The monoisotopic (exact) mass is 274 g/mol. The predicted octanol–water partition coefficient (Wildman–Crippen LogP) is 2.58. The van der Waals surface area contributed by atoms with Crippen molar-refractivity contribution in [3.63, 3.8) is 0 Å². The molecule has 1 aromatic rings. The normalized spacial score (nSPS) is 16.8. The van der Waals surface area contributed by atoms with Gasteiger partial charge in [-0.2, -0.15) is 13.2 Å². The molecule has 3 nitrogen and oxygen atoms in total. The van der Waals surface area contributed by atoms with Gasteiger partial charge in [0.2, 0.25) is 0 Å². The van der Waals surface area contributed by atoms with Crippen molar-refractivity contribution in [2.45, 2.75) is 25.3 Å². The molecular weight excluding hydrogens is 261 g/mol. The molecule has 0 unspecified atom stereocenters. The summed E-state index contributed by atoms with van der Waals surface area (Å²) in [5.74, 6) is -0.119. The number of ketones is 1. The molecule has 104 valence electrons. The topological polar surface area (TPSA) is 35.5 Å². The molecule has 0 saturated carbocycles. The van der Waals surface area contributed by atoms with Crippen LogP contribution in [0.1, 0.15) is 17.5 Å². The van der Waals surface area contributed by atoms with E-state index in [1.807, 2.05) is 0 Å². The van der Waals surface area contributed by atoms with E-state index in [0.717, 1.165) is 12.1 Å². The van der Waals surface area contributed by atoms with Gasteiger partial charge in [-0.05, 0) is 17.7 Å². The minimum absolute atomic E-state index is 0.0847. The molecule has 0 aliphatic carbocycles. The first-order chi connectivity index (χ1) is 8.95. The van der Waals surface area contributed by atoms with Crippen molar-refractivity contribution in [3.05, 3.63) is 35.4 Å². The van der Waals surface area contributed by atoms with Gasteiger partial charge in [0.15, 0.2) is 6.29 Å². The first kappa shape index (κ1) is 14.0. The highest BCUT2D eigenvalue weighted by Crippen LogP contribution is 2.29. The molecule has 2 rings (SSSR count). The number of ether oxygens (including phenoxy) is 2. The van der Waals surface area contributed by atoms with Gasteiger partial charge < -0.3 is 9.47 Å². The van der Waals surface area contributed by atoms with Crippen LogP contribution in [0.5, 0.6) is 0 Å². The van der Waals surface area contributed by atoms with Gasteiger partial charge in [0.1, 0.15) is 5.78 Å². The van der Waals surface area contributed by atoms with Gasteiger partial charge in [-0.1, -0.05) is 12.1 Å². The van der Waals surface area contributed by atoms with Crippen molar-refractivity contribution in [3.8, 4) is 0 Å². The van der Waals surface area contributed by atoms with Crippen molar-refractivity contribution >= 4 is 5.78 Å². The number of hydrogen-bond acceptors (Lipinski definition) is 3. The Balaban J connectivity index is 1.90. The summed E-state index contributed by atoms with van der Waals surface area (Å²) in [5.41, 5.74) is -0.165. The van der Waals surface area contributed by atoms with Crippen LogP contribution < -0.4 is 0 Å². The maximum atomic E-state index is 12.4. The molecule has 0 atom stereocenters. The molecule has 1 heterocycles. The Morgan fingerprint density at radius 3 is 2.26 bits per heavy atom. The number of carbonyl (C=O) groups is 1. The number of alkyl halides is 3. The Kier molecular flexibility index (Phi) is 4.21. The lowest BCUT2D eigenvalue weighted by molar-refractivity contribution is -0.137. The molecule has 0 radical (unpaired) electrons. The third-order valence-corrected chi connectivity index (χ3v) is 2.77. The zero-order valence-electron chi connectivity index (χ0n) is 10.1. The van der Waals surface area contributed by atoms with Crippen LogP contribution in [-0.2, 0) is 26.9 Å². The van der Waals surface area contributed by atoms with Crippen LogP contribution in [0.3, 0.4) is 0 Å². The lowest BCUT2D eigenvalue weighted by Crippen LogP contribution is -2.16. The summed E-state index contributed by atoms with van der Waals surface area (Å²) in [7, 11) is 0. The summed E-state index contributed by atoms with van der Waals surface area (Å²) < 4.78 is 47.3. The first-order valence-corrected chi connectivity index (χ1v) is 5.86. The van der Waals surface area contributed by atoms with Crippen LogP contribution in [0.2, 0.25) is 0 Å². The van der Waals surface area contributed by atoms with E-state index < -0.39 is 18.0 Å². The fraction of sp³-hybridized carbons (Fsp3) is 0.462. The number of Topliss-reactive ketones (excluding diaryl/α,β-unsaturated/α-hetero) is 1. The Morgan fingerprint density at radius 2 is 1.74 bits per heavy atom. The van der Waals surface area contributed by atoms with Crippen molar-refractivity contribution in [2.24, 2.45) is 0 Å². The van der Waals surface area contributed by atoms with E-state index in [1.165, 1.54) is 12.1 Å². The van der Waals surface area contributed by atoms with E-state index in [0.29, 0.717) is 18.8 Å². The number of hydrogen-bond donors (Lipinski definition) is 0. The van der Waals surface area contributed by atoms with Crippen LogP contribution in [0.25, 0.3) is 0 Å². The molecule has 0 aromatic heterocycles. The van der Waals surface area contributed by atoms with Gasteiger partial charge in [-0.3, -0.25) is 4.79 Å². The van der Waals surface area contributed by atoms with Crippen LogP contribution >= 0.6 is 0 Å². The van der Waals surface area contributed by atoms with Gasteiger partial charge in [-0.25, -0.2) is 0 Å². The lowest BCUT2D eigenvalue weighted by atomic mass is 10.0. The second-order valence-electron chi connectivity index (χ2n) is 4.29. The summed E-state index contributed by atoms with van der Waals surface area (Å²) in [6, 6.07) is 4.59. The quantitative estimate of drug-likeness (QED) is 0.846. The van der Waals surface area contributed by atoms with Crippen molar-refractivity contribution in [2.75, 3.05) is 13.2 Å². The maximum Gasteiger partial charge on any atom is 0.416 e. The van der Waals surface area contributed by atoms with Crippen LogP contribution in [0, 0.1) is 0 Å². The third-order valence-electron chi connectivity index (χ3n) is 2.77. The van der Waals surface area contributed by atoms with E-state index in [9.17, 15) is 18.0 Å². The highest BCUT2D eigenvalue weighted by Gasteiger charge is 2.30. The van der Waals surface area contributed by atoms with Crippen LogP contribution in [-0.4, -0.2) is 25.3 Å². The van der Waals surface area contributed by atoms with E-state index >= 15 is 0 Å². The molecule has 1 fully saturated rings. The summed E-state index contributed by atoms with van der Waals surface area (Å²) in [6.07, 6.45) is -4.65. The molecule has 0 amide bonds. The number of halogens is 3. The van der Waals surface area contributed by atoms with Gasteiger partial charge in [0.05, 0.1) is 25.2 Å². The second-order valence-corrected chi connectivity index (χ2v) is 4.29. The Morgan fingerprint density at radius 1 is 1.16 bits per heavy atom. The zero-order chi connectivity index (χ0) is 13.9. The van der Waals surface area contributed by atoms with E-state index in [4.69, 9.17) is 9.47 Å². The highest BCUT2D eigenvalue weighted by molar-refractivity contribution is 5.81. The molecule has 0 bridgehead atoms. The lowest BCUT2D eigenvalue weighted by Gasteiger charge is -2.09. The second kappa shape index (κ2) is 5.71. The van der Waals surface area contributed by atoms with Gasteiger partial charge in [0, 0.05) is 6.42 Å². The van der Waals surface area contributed by atoms with Crippen molar-refractivity contribution in [1.82, 2.24) is 0 Å². The fourth-order valence-corrected chi connectivity index (χ4v) is 1.82. The smallest absolute Gasteiger partial charge is 0.350 e. The van der Waals surface area contributed by atoms with Gasteiger partial charge >= 0.3 is 6.18 Å². The molecular formula is C13H13F3O3. The van der Waals surface area contributed by atoms with E-state index in [1.54, 1.807) is 0 Å². The summed E-state index contributed by atoms with van der Waals surface area (Å²) in [6.45, 7) is 0.941. The van der Waals surface area contributed by atoms with Crippen molar-refractivity contribution < 1.29 is 27.4 Å². The molecule has 1 aromatic carbocycles. The van der Waals surface area contributed by atoms with Crippen molar-refractivity contribution in [1.29, 1.82) is 0 Å². The fourth-order valence-electron chi connectivity index (χ4n) is 1.82. The molecule has 19 heavy (non-hydrogen) atoms. The maximum absolute atomic E-state index is 12.4. The average molecular weight is 274 g/mol. The number of benzene rings is 1. The zero-order valence-corrected chi connectivity index (χ0v) is 10.1. The largest absolute Gasteiger partial charge is 0.416 e. The van der Waals surface area contributed by atoms with Gasteiger partial charge in [-0.15, -0.1) is 0 Å².